The van der Waals surface area contributed by atoms with Crippen LogP contribution in [0.1, 0.15) is 18.1 Å². The molecule has 2 rings (SSSR count). The Labute approximate surface area is 113 Å². The zero-order chi connectivity index (χ0) is 13.9. The summed E-state index contributed by atoms with van der Waals surface area (Å²) in [6, 6.07) is 14.2. The normalized spacial score (nSPS) is 13.9. The van der Waals surface area contributed by atoms with Crippen molar-refractivity contribution in [3.05, 3.63) is 65.5 Å². The number of nitrogens with two attached hydrogens (primary N) is 1. The number of ether oxygens (including phenoxy) is 1. The first-order valence-corrected chi connectivity index (χ1v) is 6.19. The molecule has 2 nitrogen and oxygen atoms in total. The van der Waals surface area contributed by atoms with Crippen LogP contribution in [0.4, 0.5) is 4.39 Å². The molecule has 0 amide bonds. The van der Waals surface area contributed by atoms with Gasteiger partial charge in [0.15, 0.2) is 0 Å². The molecule has 19 heavy (non-hydrogen) atoms. The van der Waals surface area contributed by atoms with Gasteiger partial charge in [0.2, 0.25) is 0 Å². The van der Waals surface area contributed by atoms with Crippen LogP contribution in [0.15, 0.2) is 48.5 Å². The van der Waals surface area contributed by atoms with Gasteiger partial charge in [0, 0.05) is 5.54 Å². The highest BCUT2D eigenvalue weighted by Gasteiger charge is 2.21. The third-order valence-electron chi connectivity index (χ3n) is 3.23. The molecule has 2 aromatic rings. The van der Waals surface area contributed by atoms with Crippen molar-refractivity contribution in [3.63, 3.8) is 0 Å². The van der Waals surface area contributed by atoms with Gasteiger partial charge in [0.05, 0.1) is 7.11 Å². The summed E-state index contributed by atoms with van der Waals surface area (Å²) in [7, 11) is 1.63. The van der Waals surface area contributed by atoms with Gasteiger partial charge in [-0.05, 0) is 48.7 Å². The third-order valence-corrected chi connectivity index (χ3v) is 3.23. The summed E-state index contributed by atoms with van der Waals surface area (Å²) in [5, 5.41) is 0. The van der Waals surface area contributed by atoms with Crippen LogP contribution >= 0.6 is 0 Å². The lowest BCUT2D eigenvalue weighted by molar-refractivity contribution is 0.413. The maximum absolute atomic E-state index is 12.9. The number of rotatable bonds is 4. The molecule has 0 fully saturated rings. The number of hydrogen-bond donors (Lipinski definition) is 1. The highest BCUT2D eigenvalue weighted by molar-refractivity contribution is 5.33. The lowest BCUT2D eigenvalue weighted by Gasteiger charge is -2.25. The fourth-order valence-electron chi connectivity index (χ4n) is 2.10. The van der Waals surface area contributed by atoms with Gasteiger partial charge in [0.1, 0.15) is 11.6 Å². The molecule has 2 aromatic carbocycles. The maximum atomic E-state index is 12.9. The average Bonchev–Trinajstić information content (AvgIpc) is 2.41. The van der Waals surface area contributed by atoms with Crippen molar-refractivity contribution in [2.45, 2.75) is 18.9 Å². The Hall–Kier alpha value is -1.87. The molecule has 0 aliphatic rings. The van der Waals surface area contributed by atoms with Crippen LogP contribution < -0.4 is 10.5 Å². The second-order valence-corrected chi connectivity index (χ2v) is 4.95. The molecule has 2 N–H and O–H groups in total. The summed E-state index contributed by atoms with van der Waals surface area (Å²) < 4.78 is 18.0. The molecule has 3 heteroatoms. The molecule has 0 bridgehead atoms. The largest absolute Gasteiger partial charge is 0.497 e. The summed E-state index contributed by atoms with van der Waals surface area (Å²) in [5.74, 6) is 0.577. The monoisotopic (exact) mass is 259 g/mol. The van der Waals surface area contributed by atoms with E-state index in [1.807, 2.05) is 31.2 Å². The summed E-state index contributed by atoms with van der Waals surface area (Å²) in [4.78, 5) is 0. The first kappa shape index (κ1) is 13.6. The van der Waals surface area contributed by atoms with E-state index in [-0.39, 0.29) is 5.82 Å². The maximum Gasteiger partial charge on any atom is 0.123 e. The Morgan fingerprint density at radius 2 is 1.63 bits per heavy atom. The zero-order valence-electron chi connectivity index (χ0n) is 11.2. The van der Waals surface area contributed by atoms with Gasteiger partial charge in [-0.2, -0.15) is 0 Å². The van der Waals surface area contributed by atoms with Crippen LogP contribution in [0, 0.1) is 5.82 Å². The van der Waals surface area contributed by atoms with E-state index in [9.17, 15) is 4.39 Å². The number of hydrogen-bond acceptors (Lipinski definition) is 2. The first-order valence-electron chi connectivity index (χ1n) is 6.19. The Bertz CT molecular complexity index is 532. The van der Waals surface area contributed by atoms with Gasteiger partial charge in [-0.1, -0.05) is 24.3 Å². The fraction of sp³-hybridized carbons (Fsp3) is 0.250. The molecule has 1 atom stereocenters. The Morgan fingerprint density at radius 3 is 2.16 bits per heavy atom. The average molecular weight is 259 g/mol. The van der Waals surface area contributed by atoms with Gasteiger partial charge in [-0.3, -0.25) is 0 Å². The Kier molecular flexibility index (Phi) is 3.86. The molecule has 0 saturated heterocycles. The van der Waals surface area contributed by atoms with Gasteiger partial charge in [-0.25, -0.2) is 4.39 Å². The van der Waals surface area contributed by atoms with E-state index < -0.39 is 5.54 Å². The van der Waals surface area contributed by atoms with E-state index in [1.54, 1.807) is 19.2 Å². The van der Waals surface area contributed by atoms with Crippen molar-refractivity contribution in [1.82, 2.24) is 0 Å². The van der Waals surface area contributed by atoms with Crippen LogP contribution in [0.5, 0.6) is 5.75 Å². The predicted octanol–water partition coefficient (Wildman–Crippen LogP) is 3.25. The summed E-state index contributed by atoms with van der Waals surface area (Å²) in [6.07, 6.45) is 0.652. The van der Waals surface area contributed by atoms with Gasteiger partial charge in [-0.15, -0.1) is 0 Å². The van der Waals surface area contributed by atoms with E-state index in [0.29, 0.717) is 6.42 Å². The standard InChI is InChI=1S/C16H18FNO/c1-16(18,11-12-3-7-14(17)8-4-12)13-5-9-15(19-2)10-6-13/h3-10H,11,18H2,1-2H3. The minimum Gasteiger partial charge on any atom is -0.497 e. The van der Waals surface area contributed by atoms with Crippen LogP contribution in [0.2, 0.25) is 0 Å². The molecule has 0 spiro atoms. The van der Waals surface area contributed by atoms with Crippen LogP contribution in [0.3, 0.4) is 0 Å². The number of benzene rings is 2. The summed E-state index contributed by atoms with van der Waals surface area (Å²) >= 11 is 0. The van der Waals surface area contributed by atoms with Crippen molar-refractivity contribution in [1.29, 1.82) is 0 Å². The van der Waals surface area contributed by atoms with E-state index >= 15 is 0 Å². The van der Waals surface area contributed by atoms with E-state index in [2.05, 4.69) is 0 Å². The van der Waals surface area contributed by atoms with Crippen molar-refractivity contribution in [2.24, 2.45) is 5.73 Å². The van der Waals surface area contributed by atoms with Gasteiger partial charge >= 0.3 is 0 Å². The lowest BCUT2D eigenvalue weighted by Crippen LogP contribution is -2.35. The number of methoxy groups -OCH3 is 1. The summed E-state index contributed by atoms with van der Waals surface area (Å²) in [5.41, 5.74) is 7.91. The van der Waals surface area contributed by atoms with Crippen molar-refractivity contribution >= 4 is 0 Å². The first-order chi connectivity index (χ1) is 9.01. The molecule has 0 aliphatic heterocycles. The fourth-order valence-corrected chi connectivity index (χ4v) is 2.10. The molecule has 1 unspecified atom stereocenters. The molecule has 0 aliphatic carbocycles. The lowest BCUT2D eigenvalue weighted by atomic mass is 9.86. The summed E-state index contributed by atoms with van der Waals surface area (Å²) in [6.45, 7) is 1.97. The smallest absolute Gasteiger partial charge is 0.123 e. The van der Waals surface area contributed by atoms with Gasteiger partial charge < -0.3 is 10.5 Å². The molecule has 100 valence electrons. The molecule has 0 radical (unpaired) electrons. The molecular formula is C16H18FNO. The van der Waals surface area contributed by atoms with E-state index in [1.165, 1.54) is 12.1 Å². The van der Waals surface area contributed by atoms with Crippen LogP contribution in [-0.2, 0) is 12.0 Å². The van der Waals surface area contributed by atoms with Crippen LogP contribution in [-0.4, -0.2) is 7.11 Å². The van der Waals surface area contributed by atoms with Crippen molar-refractivity contribution < 1.29 is 9.13 Å². The third kappa shape index (κ3) is 3.32. The number of halogens is 1. The van der Waals surface area contributed by atoms with Crippen molar-refractivity contribution in [2.75, 3.05) is 7.11 Å². The highest BCUT2D eigenvalue weighted by Crippen LogP contribution is 2.24. The highest BCUT2D eigenvalue weighted by atomic mass is 19.1. The van der Waals surface area contributed by atoms with Crippen LogP contribution in [0.25, 0.3) is 0 Å². The zero-order valence-corrected chi connectivity index (χ0v) is 11.2. The topological polar surface area (TPSA) is 35.2 Å². The molecule has 0 heterocycles. The van der Waals surface area contributed by atoms with E-state index in [4.69, 9.17) is 10.5 Å². The second-order valence-electron chi connectivity index (χ2n) is 4.95. The quantitative estimate of drug-likeness (QED) is 0.914. The minimum absolute atomic E-state index is 0.230. The van der Waals surface area contributed by atoms with Gasteiger partial charge in [0.25, 0.3) is 0 Å². The SMILES string of the molecule is COc1ccc(C(C)(N)Cc2ccc(F)cc2)cc1. The Morgan fingerprint density at radius 1 is 1.05 bits per heavy atom. The molecule has 0 saturated carbocycles. The molecule has 0 aromatic heterocycles. The van der Waals surface area contributed by atoms with Crippen molar-refractivity contribution in [3.8, 4) is 5.75 Å². The predicted molar refractivity (Wildman–Crippen MR) is 74.6 cm³/mol. The minimum atomic E-state index is -0.496. The Balaban J connectivity index is 2.18. The second kappa shape index (κ2) is 5.41. The van der Waals surface area contributed by atoms with E-state index in [0.717, 1.165) is 16.9 Å². The molecular weight excluding hydrogens is 241 g/mol.